The fourth-order valence-electron chi connectivity index (χ4n) is 2.36. The van der Waals surface area contributed by atoms with Crippen LogP contribution in [-0.4, -0.2) is 22.7 Å². The molecule has 0 radical (unpaired) electrons. The van der Waals surface area contributed by atoms with Gasteiger partial charge in [0.05, 0.1) is 18.2 Å². The second-order valence-electron chi connectivity index (χ2n) is 5.70. The molecule has 0 unspecified atom stereocenters. The molecule has 0 spiro atoms. The first-order chi connectivity index (χ1) is 11.8. The van der Waals surface area contributed by atoms with Crippen molar-refractivity contribution in [1.29, 1.82) is 0 Å². The fraction of sp³-hybridized carbons (Fsp3) is 0.353. The molecule has 8 heteroatoms. The monoisotopic (exact) mass is 367 g/mol. The lowest BCUT2D eigenvalue weighted by molar-refractivity contribution is -0.120. The maximum atomic E-state index is 13.2. The van der Waals surface area contributed by atoms with Crippen molar-refractivity contribution >= 4 is 28.0 Å². The molecule has 134 valence electrons. The van der Waals surface area contributed by atoms with Crippen LogP contribution < -0.4 is 11.1 Å². The minimum absolute atomic E-state index is 0.201. The predicted octanol–water partition coefficient (Wildman–Crippen LogP) is 3.02. The first-order valence-corrected chi connectivity index (χ1v) is 8.63. The number of hydrogen-bond acceptors (Lipinski definition) is 5. The van der Waals surface area contributed by atoms with Crippen molar-refractivity contribution < 1.29 is 18.4 Å². The molecular weight excluding hydrogens is 348 g/mol. The largest absolute Gasteiger partial charge is 0.389 e. The second kappa shape index (κ2) is 8.15. The van der Waals surface area contributed by atoms with E-state index in [9.17, 15) is 18.4 Å². The highest BCUT2D eigenvalue weighted by Gasteiger charge is 2.24. The topological polar surface area (TPSA) is 85.1 Å². The lowest BCUT2D eigenvalue weighted by Crippen LogP contribution is -2.41. The zero-order chi connectivity index (χ0) is 18.6. The van der Waals surface area contributed by atoms with Crippen molar-refractivity contribution in [3.05, 3.63) is 46.1 Å². The van der Waals surface area contributed by atoms with Crippen LogP contribution in [0.15, 0.2) is 18.2 Å². The third kappa shape index (κ3) is 5.06. The van der Waals surface area contributed by atoms with Gasteiger partial charge in [-0.2, -0.15) is 0 Å². The summed E-state index contributed by atoms with van der Waals surface area (Å²) in [6.07, 6.45) is 0.882. The molecule has 0 bridgehead atoms. The number of nitrogens with two attached hydrogens (primary N) is 1. The second-order valence-corrected chi connectivity index (χ2v) is 6.73. The summed E-state index contributed by atoms with van der Waals surface area (Å²) in [6, 6.07) is 2.16. The summed E-state index contributed by atoms with van der Waals surface area (Å²) >= 11 is 1.08. The summed E-state index contributed by atoms with van der Waals surface area (Å²) in [5.74, 6) is -2.31. The Hall–Kier alpha value is -2.35. The third-order valence-corrected chi connectivity index (χ3v) is 4.56. The average Bonchev–Trinajstić information content (AvgIpc) is 2.84. The Kier molecular flexibility index (Phi) is 6.19. The van der Waals surface area contributed by atoms with Crippen LogP contribution >= 0.6 is 11.3 Å². The summed E-state index contributed by atoms with van der Waals surface area (Å²) in [7, 11) is 0. The number of carbonyl (C=O) groups excluding carboxylic acids is 2. The highest BCUT2D eigenvalue weighted by atomic mass is 32.1. The Labute approximate surface area is 148 Å². The molecule has 1 aromatic heterocycles. The number of aryl methyl sites for hydroxylation is 1. The third-order valence-electron chi connectivity index (χ3n) is 3.56. The summed E-state index contributed by atoms with van der Waals surface area (Å²) in [6.45, 7) is 3.59. The standard InChI is InChI=1S/C17H19F2N3O2S/c1-3-4-13(15(24)17-21-9(2)16(20)25-17)22-14(23)7-10-5-11(18)8-12(19)6-10/h5-6,8,13H,3-4,7,20H2,1-2H3,(H,22,23)/t13-/m0/s1. The Morgan fingerprint density at radius 3 is 2.44 bits per heavy atom. The number of aromatic nitrogens is 1. The van der Waals surface area contributed by atoms with E-state index in [2.05, 4.69) is 10.3 Å². The highest BCUT2D eigenvalue weighted by Crippen LogP contribution is 2.22. The van der Waals surface area contributed by atoms with Gasteiger partial charge in [-0.3, -0.25) is 9.59 Å². The number of nitrogen functional groups attached to an aromatic ring is 1. The molecule has 0 aliphatic carbocycles. The molecule has 25 heavy (non-hydrogen) atoms. The molecular formula is C17H19F2N3O2S. The number of Topliss-reactive ketones (excluding diaryl/α,β-unsaturated/α-hetero) is 1. The normalized spacial score (nSPS) is 12.0. The summed E-state index contributed by atoms with van der Waals surface area (Å²) in [5.41, 5.74) is 6.50. The highest BCUT2D eigenvalue weighted by molar-refractivity contribution is 7.17. The lowest BCUT2D eigenvalue weighted by Gasteiger charge is -2.16. The maximum Gasteiger partial charge on any atom is 0.225 e. The van der Waals surface area contributed by atoms with Gasteiger partial charge in [0.15, 0.2) is 5.01 Å². The van der Waals surface area contributed by atoms with E-state index in [1.807, 2.05) is 6.92 Å². The van der Waals surface area contributed by atoms with Crippen molar-refractivity contribution in [3.8, 4) is 0 Å². The quantitative estimate of drug-likeness (QED) is 0.737. The van der Waals surface area contributed by atoms with E-state index >= 15 is 0 Å². The first kappa shape index (κ1) is 19.0. The van der Waals surface area contributed by atoms with E-state index in [-0.39, 0.29) is 22.8 Å². The molecule has 2 rings (SSSR count). The molecule has 0 fully saturated rings. The zero-order valence-electron chi connectivity index (χ0n) is 13.9. The number of amides is 1. The molecule has 1 atom stereocenters. The number of nitrogens with zero attached hydrogens (tertiary/aromatic N) is 1. The number of rotatable bonds is 7. The zero-order valence-corrected chi connectivity index (χ0v) is 14.8. The van der Waals surface area contributed by atoms with E-state index in [4.69, 9.17) is 5.73 Å². The van der Waals surface area contributed by atoms with Gasteiger partial charge in [0.1, 0.15) is 16.6 Å². The fourth-order valence-corrected chi connectivity index (χ4v) is 3.19. The molecule has 5 nitrogen and oxygen atoms in total. The van der Waals surface area contributed by atoms with Gasteiger partial charge in [0.2, 0.25) is 11.7 Å². The van der Waals surface area contributed by atoms with Crippen LogP contribution in [0, 0.1) is 18.6 Å². The number of halogens is 2. The SMILES string of the molecule is CCC[C@H](NC(=O)Cc1cc(F)cc(F)c1)C(=O)c1nc(C)c(N)s1. The van der Waals surface area contributed by atoms with Gasteiger partial charge < -0.3 is 11.1 Å². The van der Waals surface area contributed by atoms with Crippen LogP contribution in [0.2, 0.25) is 0 Å². The first-order valence-electron chi connectivity index (χ1n) is 7.81. The predicted molar refractivity (Wildman–Crippen MR) is 92.5 cm³/mol. The molecule has 0 aliphatic rings. The number of thiazole rings is 1. The van der Waals surface area contributed by atoms with Crippen LogP contribution in [-0.2, 0) is 11.2 Å². The van der Waals surface area contributed by atoms with Gasteiger partial charge in [-0.15, -0.1) is 0 Å². The van der Waals surface area contributed by atoms with Crippen molar-refractivity contribution in [2.45, 2.75) is 39.2 Å². The molecule has 2 aromatic rings. The number of nitrogens with one attached hydrogen (secondary N) is 1. The van der Waals surface area contributed by atoms with Crippen molar-refractivity contribution in [2.24, 2.45) is 0 Å². The molecule has 0 saturated carbocycles. The van der Waals surface area contributed by atoms with Gasteiger partial charge in [0.25, 0.3) is 0 Å². The molecule has 3 N–H and O–H groups in total. The Morgan fingerprint density at radius 1 is 1.28 bits per heavy atom. The Bertz CT molecular complexity index is 752. The van der Waals surface area contributed by atoms with Crippen LogP contribution in [0.25, 0.3) is 0 Å². The summed E-state index contributed by atoms with van der Waals surface area (Å²) in [4.78, 5) is 28.9. The number of ketones is 1. The Balaban J connectivity index is 2.09. The van der Waals surface area contributed by atoms with Gasteiger partial charge >= 0.3 is 0 Å². The average molecular weight is 367 g/mol. The summed E-state index contributed by atoms with van der Waals surface area (Å²) in [5, 5.41) is 3.32. The van der Waals surface area contributed by atoms with Gasteiger partial charge in [-0.05, 0) is 31.0 Å². The molecule has 1 amide bonds. The number of carbonyl (C=O) groups is 2. The van der Waals surface area contributed by atoms with Crippen molar-refractivity contribution in [2.75, 3.05) is 5.73 Å². The van der Waals surface area contributed by atoms with Crippen LogP contribution in [0.4, 0.5) is 13.8 Å². The van der Waals surface area contributed by atoms with Gasteiger partial charge in [0, 0.05) is 6.07 Å². The maximum absolute atomic E-state index is 13.2. The van der Waals surface area contributed by atoms with Crippen LogP contribution in [0.1, 0.15) is 40.8 Å². The molecule has 1 aromatic carbocycles. The molecule has 0 saturated heterocycles. The minimum Gasteiger partial charge on any atom is -0.389 e. The molecule has 1 heterocycles. The minimum atomic E-state index is -0.752. The smallest absolute Gasteiger partial charge is 0.225 e. The lowest BCUT2D eigenvalue weighted by atomic mass is 10.1. The number of hydrogen-bond donors (Lipinski definition) is 2. The van der Waals surface area contributed by atoms with Crippen molar-refractivity contribution in [1.82, 2.24) is 10.3 Å². The van der Waals surface area contributed by atoms with Crippen LogP contribution in [0.3, 0.4) is 0 Å². The van der Waals surface area contributed by atoms with E-state index in [0.29, 0.717) is 23.5 Å². The molecule has 0 aliphatic heterocycles. The number of benzene rings is 1. The Morgan fingerprint density at radius 2 is 1.92 bits per heavy atom. The van der Waals surface area contributed by atoms with Crippen molar-refractivity contribution in [3.63, 3.8) is 0 Å². The van der Waals surface area contributed by atoms with E-state index < -0.39 is 23.6 Å². The van der Waals surface area contributed by atoms with Crippen LogP contribution in [0.5, 0.6) is 0 Å². The summed E-state index contributed by atoms with van der Waals surface area (Å²) < 4.78 is 26.4. The van der Waals surface area contributed by atoms with E-state index in [1.165, 1.54) is 0 Å². The van der Waals surface area contributed by atoms with E-state index in [0.717, 1.165) is 29.5 Å². The number of anilines is 1. The van der Waals surface area contributed by atoms with Gasteiger partial charge in [-0.25, -0.2) is 13.8 Å². The van der Waals surface area contributed by atoms with Gasteiger partial charge in [-0.1, -0.05) is 24.7 Å². The van der Waals surface area contributed by atoms with E-state index in [1.54, 1.807) is 6.92 Å².